The molecule has 3 fully saturated rings. The zero-order valence-electron chi connectivity index (χ0n) is 13.7. The summed E-state index contributed by atoms with van der Waals surface area (Å²) in [4.78, 5) is 25.6. The van der Waals surface area contributed by atoms with Crippen LogP contribution in [-0.2, 0) is 9.59 Å². The summed E-state index contributed by atoms with van der Waals surface area (Å²) >= 11 is 0. The van der Waals surface area contributed by atoms with Crippen molar-refractivity contribution in [2.24, 2.45) is 40.6 Å². The van der Waals surface area contributed by atoms with Gasteiger partial charge in [0.2, 0.25) is 0 Å². The SMILES string of the molecule is COc1cc(/C=N\N2C(=O)[C@H]3[C@@H]4C=C[C@H]([C@H]5C[C@H]45)[C@@H]3C2=O)ccc1O. The number of rotatable bonds is 3. The number of amides is 2. The molecular weight excluding hydrogens is 320 g/mol. The number of nitrogens with zero attached hydrogens (tertiary/aromatic N) is 2. The molecule has 0 unspecified atom stereocenters. The molecule has 0 aromatic heterocycles. The van der Waals surface area contributed by atoms with Crippen molar-refractivity contribution >= 4 is 18.0 Å². The van der Waals surface area contributed by atoms with E-state index in [0.717, 1.165) is 11.4 Å². The van der Waals surface area contributed by atoms with Crippen LogP contribution in [0.5, 0.6) is 11.5 Å². The highest BCUT2D eigenvalue weighted by Crippen LogP contribution is 2.65. The number of imide groups is 1. The average Bonchev–Trinajstić information content (AvgIpc) is 3.40. The molecule has 1 heterocycles. The predicted octanol–water partition coefficient (Wildman–Crippen LogP) is 1.79. The van der Waals surface area contributed by atoms with E-state index in [9.17, 15) is 14.7 Å². The third-order valence-electron chi connectivity index (χ3n) is 6.17. The van der Waals surface area contributed by atoms with Gasteiger partial charge in [0.15, 0.2) is 11.5 Å². The van der Waals surface area contributed by atoms with Gasteiger partial charge in [0, 0.05) is 0 Å². The number of hydrazone groups is 1. The molecule has 1 aromatic rings. The van der Waals surface area contributed by atoms with Crippen LogP contribution in [0.4, 0.5) is 0 Å². The lowest BCUT2D eigenvalue weighted by molar-refractivity contribution is -0.140. The van der Waals surface area contributed by atoms with Crippen molar-refractivity contribution in [1.29, 1.82) is 0 Å². The topological polar surface area (TPSA) is 79.2 Å². The molecular formula is C19H18N2O4. The van der Waals surface area contributed by atoms with Crippen LogP contribution in [-0.4, -0.2) is 35.3 Å². The van der Waals surface area contributed by atoms with Crippen molar-refractivity contribution < 1.29 is 19.4 Å². The smallest absolute Gasteiger partial charge is 0.254 e. The van der Waals surface area contributed by atoms with Crippen LogP contribution in [0.25, 0.3) is 0 Å². The van der Waals surface area contributed by atoms with Gasteiger partial charge in [-0.1, -0.05) is 12.2 Å². The highest BCUT2D eigenvalue weighted by atomic mass is 16.5. The van der Waals surface area contributed by atoms with E-state index in [1.807, 2.05) is 0 Å². The van der Waals surface area contributed by atoms with Gasteiger partial charge in [-0.15, -0.1) is 0 Å². The monoisotopic (exact) mass is 338 g/mol. The first-order chi connectivity index (χ1) is 12.1. The summed E-state index contributed by atoms with van der Waals surface area (Å²) in [5.41, 5.74) is 0.647. The van der Waals surface area contributed by atoms with E-state index in [0.29, 0.717) is 23.1 Å². The fraction of sp³-hybridized carbons (Fsp3) is 0.421. The molecule has 1 saturated heterocycles. The first-order valence-corrected chi connectivity index (χ1v) is 8.57. The molecule has 0 spiro atoms. The maximum atomic E-state index is 12.8. The lowest BCUT2D eigenvalue weighted by atomic mass is 9.63. The number of methoxy groups -OCH3 is 1. The van der Waals surface area contributed by atoms with E-state index < -0.39 is 0 Å². The standard InChI is InChI=1S/C19H18N2O4/c1-25-15-6-9(2-5-14(15)22)8-20-21-18(23)16-10-3-4-11(13-7-12(10)13)17(16)19(21)24/h2-6,8,10-13,16-17,22H,7H2,1H3/b20-8-/t10-,11-,12-,13-,16+,17+/m1/s1. The fourth-order valence-electron chi connectivity index (χ4n) is 4.95. The number of phenolic OH excluding ortho intramolecular Hbond substituents is 1. The van der Waals surface area contributed by atoms with Crippen LogP contribution >= 0.6 is 0 Å². The maximum absolute atomic E-state index is 12.8. The van der Waals surface area contributed by atoms with Gasteiger partial charge < -0.3 is 9.84 Å². The third-order valence-corrected chi connectivity index (χ3v) is 6.17. The molecule has 128 valence electrons. The van der Waals surface area contributed by atoms with Gasteiger partial charge >= 0.3 is 0 Å². The molecule has 4 aliphatic carbocycles. The molecule has 6 heteroatoms. The van der Waals surface area contributed by atoms with E-state index in [-0.39, 0.29) is 41.2 Å². The number of allylic oxidation sites excluding steroid dienone is 2. The first-order valence-electron chi connectivity index (χ1n) is 8.57. The number of aromatic hydroxyl groups is 1. The van der Waals surface area contributed by atoms with Crippen molar-refractivity contribution in [3.63, 3.8) is 0 Å². The number of hydrogen-bond acceptors (Lipinski definition) is 5. The number of benzene rings is 1. The highest BCUT2D eigenvalue weighted by molar-refractivity contribution is 6.06. The summed E-state index contributed by atoms with van der Waals surface area (Å²) in [5.74, 6) is 1.08. The Morgan fingerprint density at radius 2 is 1.80 bits per heavy atom. The van der Waals surface area contributed by atoms with Crippen LogP contribution in [0.15, 0.2) is 35.5 Å². The third kappa shape index (κ3) is 1.94. The minimum atomic E-state index is -0.238. The summed E-state index contributed by atoms with van der Waals surface area (Å²) in [6.07, 6.45) is 6.89. The van der Waals surface area contributed by atoms with Crippen molar-refractivity contribution in [1.82, 2.24) is 5.01 Å². The number of ether oxygens (including phenoxy) is 1. The molecule has 2 amide bonds. The molecule has 1 aliphatic heterocycles. The Morgan fingerprint density at radius 1 is 1.16 bits per heavy atom. The second-order valence-electron chi connectivity index (χ2n) is 7.32. The van der Waals surface area contributed by atoms with Gasteiger partial charge in [-0.05, 0) is 53.9 Å². The summed E-state index contributed by atoms with van der Waals surface area (Å²) in [5, 5.41) is 14.9. The molecule has 2 bridgehead atoms. The predicted molar refractivity (Wildman–Crippen MR) is 88.8 cm³/mol. The van der Waals surface area contributed by atoms with Crippen LogP contribution in [0.1, 0.15) is 12.0 Å². The molecule has 5 aliphatic rings. The summed E-state index contributed by atoms with van der Waals surface area (Å²) in [7, 11) is 1.46. The first kappa shape index (κ1) is 14.7. The minimum absolute atomic E-state index is 0.0286. The second kappa shape index (κ2) is 4.94. The number of phenols is 1. The summed E-state index contributed by atoms with van der Waals surface area (Å²) < 4.78 is 5.06. The Balaban J connectivity index is 1.42. The van der Waals surface area contributed by atoms with Crippen molar-refractivity contribution in [3.8, 4) is 11.5 Å². The molecule has 0 radical (unpaired) electrons. The molecule has 1 N–H and O–H groups in total. The largest absolute Gasteiger partial charge is 0.504 e. The van der Waals surface area contributed by atoms with Gasteiger partial charge in [-0.25, -0.2) is 0 Å². The molecule has 2 saturated carbocycles. The van der Waals surface area contributed by atoms with Gasteiger partial charge in [-0.3, -0.25) is 9.59 Å². The Labute approximate surface area is 144 Å². The maximum Gasteiger partial charge on any atom is 0.254 e. The summed E-state index contributed by atoms with van der Waals surface area (Å²) in [6, 6.07) is 4.75. The Kier molecular flexibility index (Phi) is 2.90. The van der Waals surface area contributed by atoms with Crippen LogP contribution in [0.3, 0.4) is 0 Å². The van der Waals surface area contributed by atoms with E-state index in [2.05, 4.69) is 17.3 Å². The van der Waals surface area contributed by atoms with Gasteiger partial charge in [0.05, 0.1) is 25.2 Å². The fourth-order valence-corrected chi connectivity index (χ4v) is 4.95. The van der Waals surface area contributed by atoms with Crippen molar-refractivity contribution in [2.45, 2.75) is 6.42 Å². The van der Waals surface area contributed by atoms with Crippen LogP contribution < -0.4 is 4.74 Å². The van der Waals surface area contributed by atoms with Crippen molar-refractivity contribution in [3.05, 3.63) is 35.9 Å². The molecule has 6 atom stereocenters. The molecule has 6 rings (SSSR count). The normalized spacial score (nSPS) is 37.6. The number of hydrogen-bond donors (Lipinski definition) is 1. The molecule has 1 aromatic carbocycles. The lowest BCUT2D eigenvalue weighted by Crippen LogP contribution is -2.40. The van der Waals surface area contributed by atoms with E-state index in [4.69, 9.17) is 4.74 Å². The molecule has 25 heavy (non-hydrogen) atoms. The average molecular weight is 338 g/mol. The Bertz CT molecular complexity index is 810. The van der Waals surface area contributed by atoms with E-state index in [1.165, 1.54) is 19.4 Å². The zero-order chi connectivity index (χ0) is 17.3. The molecule has 6 nitrogen and oxygen atoms in total. The van der Waals surface area contributed by atoms with Crippen LogP contribution in [0, 0.1) is 35.5 Å². The van der Waals surface area contributed by atoms with Gasteiger partial charge in [0.1, 0.15) is 0 Å². The minimum Gasteiger partial charge on any atom is -0.504 e. The summed E-state index contributed by atoms with van der Waals surface area (Å²) in [6.45, 7) is 0. The second-order valence-corrected chi connectivity index (χ2v) is 7.32. The van der Waals surface area contributed by atoms with Crippen LogP contribution in [0.2, 0.25) is 0 Å². The van der Waals surface area contributed by atoms with Crippen molar-refractivity contribution in [2.75, 3.05) is 7.11 Å². The Morgan fingerprint density at radius 3 is 2.40 bits per heavy atom. The number of carbonyl (C=O) groups is 2. The quantitative estimate of drug-likeness (QED) is 0.518. The lowest BCUT2D eigenvalue weighted by Gasteiger charge is -2.37. The van der Waals surface area contributed by atoms with Gasteiger partial charge in [0.25, 0.3) is 11.8 Å². The van der Waals surface area contributed by atoms with E-state index in [1.54, 1.807) is 12.1 Å². The zero-order valence-corrected chi connectivity index (χ0v) is 13.7. The highest BCUT2D eigenvalue weighted by Gasteiger charge is 2.67. The number of carbonyl (C=O) groups excluding carboxylic acids is 2. The van der Waals surface area contributed by atoms with Gasteiger partial charge in [-0.2, -0.15) is 10.1 Å². The Hall–Kier alpha value is -2.63. The van der Waals surface area contributed by atoms with E-state index >= 15 is 0 Å².